The van der Waals surface area contributed by atoms with Crippen LogP contribution in [-0.4, -0.2) is 28.9 Å². The van der Waals surface area contributed by atoms with Crippen molar-refractivity contribution >= 4 is 29.2 Å². The molecule has 2 fully saturated rings. The van der Waals surface area contributed by atoms with Crippen LogP contribution in [0.1, 0.15) is 53.2 Å². The minimum atomic E-state index is -0.615. The van der Waals surface area contributed by atoms with Gasteiger partial charge in [-0.25, -0.2) is 9.18 Å². The van der Waals surface area contributed by atoms with Crippen molar-refractivity contribution in [1.82, 2.24) is 10.2 Å². The minimum Gasteiger partial charge on any atom is -0.341 e. The highest BCUT2D eigenvalue weighted by atomic mass is 35.5. The van der Waals surface area contributed by atoms with Crippen LogP contribution < -0.4 is 10.6 Å². The maximum absolute atomic E-state index is 13.8. The number of likely N-dealkylation sites (tertiary alicyclic amines) is 1. The molecule has 2 heterocycles. The van der Waals surface area contributed by atoms with E-state index >= 15 is 0 Å². The summed E-state index contributed by atoms with van der Waals surface area (Å²) >= 11 is 6.28. The minimum absolute atomic E-state index is 0.0291. The van der Waals surface area contributed by atoms with Crippen molar-refractivity contribution in [2.75, 3.05) is 11.9 Å². The second-order valence-corrected chi connectivity index (χ2v) is 8.16. The van der Waals surface area contributed by atoms with Gasteiger partial charge in [-0.3, -0.25) is 4.79 Å². The van der Waals surface area contributed by atoms with Crippen LogP contribution in [0.3, 0.4) is 0 Å². The van der Waals surface area contributed by atoms with Gasteiger partial charge in [0.15, 0.2) is 0 Å². The van der Waals surface area contributed by atoms with Gasteiger partial charge in [0, 0.05) is 39.5 Å². The molecule has 1 atom stereocenters. The second-order valence-electron chi connectivity index (χ2n) is 7.75. The predicted molar refractivity (Wildman–Crippen MR) is 104 cm³/mol. The van der Waals surface area contributed by atoms with Crippen molar-refractivity contribution < 1.29 is 14.0 Å². The number of hydrogen-bond donors (Lipinski definition) is 2. The van der Waals surface area contributed by atoms with E-state index in [1.165, 1.54) is 18.2 Å². The number of hydrogen-bond acceptors (Lipinski definition) is 2. The van der Waals surface area contributed by atoms with Crippen LogP contribution in [-0.2, 0) is 0 Å². The summed E-state index contributed by atoms with van der Waals surface area (Å²) in [5, 5.41) is 6.21. The molecule has 3 aliphatic rings. The normalized spacial score (nSPS) is 21.6. The van der Waals surface area contributed by atoms with Gasteiger partial charge in [-0.15, -0.1) is 0 Å². The Balaban J connectivity index is 1.52. The smallest absolute Gasteiger partial charge is 0.322 e. The van der Waals surface area contributed by atoms with Crippen molar-refractivity contribution in [2.45, 2.75) is 37.3 Å². The Kier molecular flexibility index (Phi) is 3.88. The molecule has 1 spiro atoms. The average molecular weight is 400 g/mol. The molecule has 3 amide bonds. The number of benzene rings is 2. The number of rotatable bonds is 2. The van der Waals surface area contributed by atoms with Crippen LogP contribution in [0, 0.1) is 5.82 Å². The van der Waals surface area contributed by atoms with Gasteiger partial charge in [0.2, 0.25) is 0 Å². The number of amides is 3. The third-order valence-electron chi connectivity index (χ3n) is 6.09. The summed E-state index contributed by atoms with van der Waals surface area (Å²) < 4.78 is 13.8. The Morgan fingerprint density at radius 1 is 1.25 bits per heavy atom. The van der Waals surface area contributed by atoms with Crippen molar-refractivity contribution in [2.24, 2.45) is 0 Å². The Labute approximate surface area is 166 Å². The quantitative estimate of drug-likeness (QED) is 0.782. The molecule has 2 aromatic rings. The SMILES string of the molecule is O=C1NC(c2cc(F)ccc2Cl)c2c(NC(=O)N3CCCC34CC4)cccc21. The molecule has 1 saturated heterocycles. The fraction of sp³-hybridized carbons (Fsp3) is 0.333. The summed E-state index contributed by atoms with van der Waals surface area (Å²) in [7, 11) is 0. The molecule has 1 aliphatic carbocycles. The standard InChI is InChI=1S/C21H19ClFN3O2/c22-15-6-5-12(23)11-14(15)18-17-13(19(27)25-18)3-1-4-16(17)24-20(28)26-10-2-7-21(26)8-9-21/h1,3-6,11,18H,2,7-10H2,(H,24,28)(H,25,27). The monoisotopic (exact) mass is 399 g/mol. The van der Waals surface area contributed by atoms with Crippen LogP contribution in [0.2, 0.25) is 5.02 Å². The molecular formula is C21H19ClFN3O2. The molecule has 144 valence electrons. The summed E-state index contributed by atoms with van der Waals surface area (Å²) in [4.78, 5) is 27.3. The average Bonchev–Trinajstić information content (AvgIpc) is 3.19. The number of urea groups is 1. The number of anilines is 1. The van der Waals surface area contributed by atoms with Crippen LogP contribution in [0.5, 0.6) is 0 Å². The van der Waals surface area contributed by atoms with Crippen molar-refractivity contribution in [3.8, 4) is 0 Å². The van der Waals surface area contributed by atoms with Crippen LogP contribution in [0.25, 0.3) is 0 Å². The first-order valence-corrected chi connectivity index (χ1v) is 9.84. The number of halogens is 2. The predicted octanol–water partition coefficient (Wildman–Crippen LogP) is 4.47. The number of carbonyl (C=O) groups is 2. The fourth-order valence-corrected chi connectivity index (χ4v) is 4.76. The molecular weight excluding hydrogens is 381 g/mol. The first-order chi connectivity index (χ1) is 13.5. The summed E-state index contributed by atoms with van der Waals surface area (Å²) in [6.07, 6.45) is 4.17. The lowest BCUT2D eigenvalue weighted by Crippen LogP contribution is -2.40. The molecule has 28 heavy (non-hydrogen) atoms. The highest BCUT2D eigenvalue weighted by Crippen LogP contribution is 2.49. The molecule has 5 rings (SSSR count). The summed E-state index contributed by atoms with van der Waals surface area (Å²) in [5.74, 6) is -0.701. The topological polar surface area (TPSA) is 61.4 Å². The van der Waals surface area contributed by atoms with Gasteiger partial charge in [-0.2, -0.15) is 0 Å². The zero-order valence-electron chi connectivity index (χ0n) is 15.1. The Hall–Kier alpha value is -2.60. The lowest BCUT2D eigenvalue weighted by Gasteiger charge is -2.26. The van der Waals surface area contributed by atoms with Gasteiger partial charge in [0.1, 0.15) is 5.82 Å². The van der Waals surface area contributed by atoms with Crippen molar-refractivity contribution in [3.63, 3.8) is 0 Å². The summed E-state index contributed by atoms with van der Waals surface area (Å²) in [6.45, 7) is 0.747. The van der Waals surface area contributed by atoms with Gasteiger partial charge in [-0.1, -0.05) is 17.7 Å². The van der Waals surface area contributed by atoms with Crippen LogP contribution in [0.4, 0.5) is 14.9 Å². The van der Waals surface area contributed by atoms with E-state index in [0.29, 0.717) is 27.4 Å². The molecule has 1 saturated carbocycles. The molecule has 0 bridgehead atoms. The Morgan fingerprint density at radius 2 is 2.07 bits per heavy atom. The van der Waals surface area contributed by atoms with E-state index in [-0.39, 0.29) is 17.5 Å². The first kappa shape index (κ1) is 17.5. The molecule has 2 aromatic carbocycles. The molecule has 5 nitrogen and oxygen atoms in total. The first-order valence-electron chi connectivity index (χ1n) is 9.46. The number of nitrogens with zero attached hydrogens (tertiary/aromatic N) is 1. The fourth-order valence-electron chi connectivity index (χ4n) is 4.54. The molecule has 2 aliphatic heterocycles. The van der Waals surface area contributed by atoms with Gasteiger partial charge >= 0.3 is 6.03 Å². The van der Waals surface area contributed by atoms with Gasteiger partial charge in [0.25, 0.3) is 5.91 Å². The molecule has 7 heteroatoms. The highest BCUT2D eigenvalue weighted by molar-refractivity contribution is 6.31. The van der Waals surface area contributed by atoms with E-state index in [4.69, 9.17) is 11.6 Å². The van der Waals surface area contributed by atoms with Gasteiger partial charge < -0.3 is 15.5 Å². The molecule has 0 radical (unpaired) electrons. The zero-order valence-corrected chi connectivity index (χ0v) is 15.9. The summed E-state index contributed by atoms with van der Waals surface area (Å²) in [5.41, 5.74) is 2.13. The van der Waals surface area contributed by atoms with E-state index in [1.54, 1.807) is 18.2 Å². The number of carbonyl (C=O) groups excluding carboxylic acids is 2. The highest BCUT2D eigenvalue weighted by Gasteiger charge is 2.52. The molecule has 0 aromatic heterocycles. The van der Waals surface area contributed by atoms with Crippen molar-refractivity contribution in [3.05, 3.63) is 63.9 Å². The third kappa shape index (κ3) is 2.66. The van der Waals surface area contributed by atoms with E-state index in [9.17, 15) is 14.0 Å². The third-order valence-corrected chi connectivity index (χ3v) is 6.44. The van der Waals surface area contributed by atoms with Gasteiger partial charge in [0.05, 0.1) is 6.04 Å². The summed E-state index contributed by atoms with van der Waals surface area (Å²) in [6, 6.07) is 8.51. The van der Waals surface area contributed by atoms with E-state index in [0.717, 1.165) is 32.2 Å². The van der Waals surface area contributed by atoms with Crippen LogP contribution >= 0.6 is 11.6 Å². The second kappa shape index (κ2) is 6.21. The van der Waals surface area contributed by atoms with Crippen LogP contribution in [0.15, 0.2) is 36.4 Å². The lowest BCUT2D eigenvalue weighted by atomic mass is 9.96. The maximum Gasteiger partial charge on any atom is 0.322 e. The number of nitrogens with one attached hydrogen (secondary N) is 2. The maximum atomic E-state index is 13.8. The Morgan fingerprint density at radius 3 is 2.86 bits per heavy atom. The van der Waals surface area contributed by atoms with Gasteiger partial charge in [-0.05, 0) is 56.0 Å². The lowest BCUT2D eigenvalue weighted by molar-refractivity contribution is 0.0960. The molecule has 1 unspecified atom stereocenters. The van der Waals surface area contributed by atoms with E-state index < -0.39 is 11.9 Å². The van der Waals surface area contributed by atoms with E-state index in [2.05, 4.69) is 10.6 Å². The Bertz CT molecular complexity index is 1010. The van der Waals surface area contributed by atoms with Crippen molar-refractivity contribution in [1.29, 1.82) is 0 Å². The largest absolute Gasteiger partial charge is 0.341 e. The zero-order chi connectivity index (χ0) is 19.5. The molecule has 2 N–H and O–H groups in total. The number of fused-ring (bicyclic) bond motifs is 1. The van der Waals surface area contributed by atoms with E-state index in [1.807, 2.05) is 4.90 Å².